The number of benzene rings is 1. The number of thioether (sulfide) groups is 1. The topological polar surface area (TPSA) is 37.3 Å². The number of carboxylic acids is 1. The second kappa shape index (κ2) is 6.31. The van der Waals surface area contributed by atoms with Gasteiger partial charge >= 0.3 is 5.97 Å². The molecule has 0 bridgehead atoms. The van der Waals surface area contributed by atoms with Gasteiger partial charge in [0.2, 0.25) is 0 Å². The Labute approximate surface area is 118 Å². The van der Waals surface area contributed by atoms with E-state index in [0.29, 0.717) is 5.56 Å². The van der Waals surface area contributed by atoms with Gasteiger partial charge < -0.3 is 5.11 Å². The van der Waals surface area contributed by atoms with E-state index in [4.69, 9.17) is 0 Å². The fraction of sp³-hybridized carbons (Fsp3) is 0.154. The molecular weight excluding hydrogens is 284 g/mol. The molecule has 2 rings (SSSR count). The molecule has 2 aromatic rings. The first-order valence-corrected chi connectivity index (χ1v) is 8.11. The van der Waals surface area contributed by atoms with E-state index in [1.165, 1.54) is 11.8 Å². The largest absolute Gasteiger partial charge is 0.478 e. The molecule has 1 heterocycles. The molecule has 94 valence electrons. The van der Waals surface area contributed by atoms with Crippen LogP contribution in [-0.4, -0.2) is 16.8 Å². The van der Waals surface area contributed by atoms with Crippen molar-refractivity contribution in [3.63, 3.8) is 0 Å². The van der Waals surface area contributed by atoms with Gasteiger partial charge in [-0.15, -0.1) is 23.1 Å². The summed E-state index contributed by atoms with van der Waals surface area (Å²) in [7, 11) is 0. The van der Waals surface area contributed by atoms with Gasteiger partial charge in [0.15, 0.2) is 0 Å². The summed E-state index contributed by atoms with van der Waals surface area (Å²) in [6.07, 6.45) is 0. The van der Waals surface area contributed by atoms with E-state index in [9.17, 15) is 9.90 Å². The van der Waals surface area contributed by atoms with Gasteiger partial charge in [0.05, 0.1) is 9.77 Å². The highest BCUT2D eigenvalue weighted by atomic mass is 32.2. The van der Waals surface area contributed by atoms with Crippen LogP contribution in [0.4, 0.5) is 0 Å². The van der Waals surface area contributed by atoms with E-state index in [-0.39, 0.29) is 0 Å². The standard InChI is InChI=1S/C13H12O2S3/c1-2-16-9-5-3-6-10(12(9)13(14)15)18-11-7-4-8-17-11/h3-8H,2H2,1H3,(H,14,15). The highest BCUT2D eigenvalue weighted by Crippen LogP contribution is 2.37. The Balaban J connectivity index is 2.39. The van der Waals surface area contributed by atoms with Crippen molar-refractivity contribution < 1.29 is 9.90 Å². The highest BCUT2D eigenvalue weighted by molar-refractivity contribution is 8.01. The Hall–Kier alpha value is -0.910. The third kappa shape index (κ3) is 3.10. The zero-order chi connectivity index (χ0) is 13.0. The number of thiophene rings is 1. The normalized spacial score (nSPS) is 10.5. The summed E-state index contributed by atoms with van der Waals surface area (Å²) in [5.74, 6) is 0.0125. The first-order valence-electron chi connectivity index (χ1n) is 5.43. The minimum Gasteiger partial charge on any atom is -0.478 e. The summed E-state index contributed by atoms with van der Waals surface area (Å²) in [6.45, 7) is 2.02. The van der Waals surface area contributed by atoms with Crippen LogP contribution in [0.5, 0.6) is 0 Å². The molecule has 0 unspecified atom stereocenters. The molecule has 0 saturated carbocycles. The van der Waals surface area contributed by atoms with Crippen LogP contribution in [0.3, 0.4) is 0 Å². The Morgan fingerprint density at radius 2 is 2.06 bits per heavy atom. The summed E-state index contributed by atoms with van der Waals surface area (Å²) in [4.78, 5) is 13.1. The minimum absolute atomic E-state index is 0.419. The van der Waals surface area contributed by atoms with Crippen molar-refractivity contribution in [3.05, 3.63) is 41.3 Å². The van der Waals surface area contributed by atoms with Crippen molar-refractivity contribution in [1.82, 2.24) is 0 Å². The zero-order valence-electron chi connectivity index (χ0n) is 9.75. The molecule has 18 heavy (non-hydrogen) atoms. The van der Waals surface area contributed by atoms with Crippen LogP contribution in [0.2, 0.25) is 0 Å². The molecular formula is C13H12O2S3. The predicted octanol–water partition coefficient (Wildman–Crippen LogP) is 4.71. The summed E-state index contributed by atoms with van der Waals surface area (Å²) < 4.78 is 1.11. The Morgan fingerprint density at radius 1 is 1.28 bits per heavy atom. The van der Waals surface area contributed by atoms with E-state index in [0.717, 1.165) is 19.8 Å². The van der Waals surface area contributed by atoms with Crippen LogP contribution < -0.4 is 0 Å². The maximum absolute atomic E-state index is 11.4. The molecule has 0 spiro atoms. The minimum atomic E-state index is -0.856. The van der Waals surface area contributed by atoms with Gasteiger partial charge in [0.25, 0.3) is 0 Å². The molecule has 0 radical (unpaired) electrons. The van der Waals surface area contributed by atoms with Crippen molar-refractivity contribution in [2.45, 2.75) is 20.9 Å². The van der Waals surface area contributed by atoms with E-state index in [1.807, 2.05) is 42.6 Å². The number of hydrogen-bond donors (Lipinski definition) is 1. The van der Waals surface area contributed by atoms with Crippen LogP contribution in [-0.2, 0) is 0 Å². The summed E-state index contributed by atoms with van der Waals surface area (Å²) in [5.41, 5.74) is 0.419. The molecule has 5 heteroatoms. The van der Waals surface area contributed by atoms with Crippen molar-refractivity contribution in [3.8, 4) is 0 Å². The van der Waals surface area contributed by atoms with Crippen LogP contribution in [0, 0.1) is 0 Å². The van der Waals surface area contributed by atoms with Crippen molar-refractivity contribution in [1.29, 1.82) is 0 Å². The lowest BCUT2D eigenvalue weighted by atomic mass is 10.2. The van der Waals surface area contributed by atoms with Gasteiger partial charge in [-0.25, -0.2) is 4.79 Å². The van der Waals surface area contributed by atoms with Gasteiger partial charge in [0.1, 0.15) is 0 Å². The number of aromatic carboxylic acids is 1. The lowest BCUT2D eigenvalue weighted by Crippen LogP contribution is -2.01. The second-order valence-corrected chi connectivity index (χ2v) is 7.00. The highest BCUT2D eigenvalue weighted by Gasteiger charge is 2.16. The molecule has 1 N–H and O–H groups in total. The molecule has 2 nitrogen and oxygen atoms in total. The average molecular weight is 296 g/mol. The molecule has 0 fully saturated rings. The van der Waals surface area contributed by atoms with E-state index in [2.05, 4.69) is 0 Å². The molecule has 1 aromatic heterocycles. The monoisotopic (exact) mass is 296 g/mol. The molecule has 1 aromatic carbocycles. The van der Waals surface area contributed by atoms with E-state index < -0.39 is 5.97 Å². The van der Waals surface area contributed by atoms with E-state index in [1.54, 1.807) is 23.1 Å². The predicted molar refractivity (Wildman–Crippen MR) is 78.2 cm³/mol. The molecule has 0 aliphatic carbocycles. The van der Waals surface area contributed by atoms with Crippen LogP contribution in [0.25, 0.3) is 0 Å². The Bertz CT molecular complexity index is 535. The second-order valence-electron chi connectivity index (χ2n) is 3.40. The summed E-state index contributed by atoms with van der Waals surface area (Å²) in [5, 5.41) is 11.4. The Morgan fingerprint density at radius 3 is 2.67 bits per heavy atom. The fourth-order valence-electron chi connectivity index (χ4n) is 1.51. The fourth-order valence-corrected chi connectivity index (χ4v) is 4.29. The molecule has 0 saturated heterocycles. The van der Waals surface area contributed by atoms with Gasteiger partial charge in [0, 0.05) is 9.79 Å². The first-order chi connectivity index (χ1) is 8.72. The van der Waals surface area contributed by atoms with E-state index >= 15 is 0 Å². The summed E-state index contributed by atoms with van der Waals surface area (Å²) >= 11 is 4.70. The zero-order valence-corrected chi connectivity index (χ0v) is 12.2. The smallest absolute Gasteiger partial charge is 0.337 e. The SMILES string of the molecule is CCSc1cccc(Sc2cccs2)c1C(=O)O. The maximum atomic E-state index is 11.4. The Kier molecular flexibility index (Phi) is 4.74. The molecule has 0 aliphatic rings. The van der Waals surface area contributed by atoms with Crippen LogP contribution in [0.15, 0.2) is 49.7 Å². The van der Waals surface area contributed by atoms with Crippen molar-refractivity contribution >= 4 is 40.8 Å². The summed E-state index contributed by atoms with van der Waals surface area (Å²) in [6, 6.07) is 9.63. The average Bonchev–Trinajstić information content (AvgIpc) is 2.82. The van der Waals surface area contributed by atoms with Crippen molar-refractivity contribution in [2.24, 2.45) is 0 Å². The van der Waals surface area contributed by atoms with Gasteiger partial charge in [-0.2, -0.15) is 0 Å². The maximum Gasteiger partial charge on any atom is 0.337 e. The van der Waals surface area contributed by atoms with Gasteiger partial charge in [-0.3, -0.25) is 0 Å². The number of rotatable bonds is 5. The molecule has 0 atom stereocenters. The van der Waals surface area contributed by atoms with Crippen LogP contribution >= 0.6 is 34.9 Å². The molecule has 0 aliphatic heterocycles. The first kappa shape index (κ1) is 13.5. The lowest BCUT2D eigenvalue weighted by molar-refractivity contribution is 0.0689. The molecule has 0 amide bonds. The van der Waals surface area contributed by atoms with Crippen molar-refractivity contribution in [2.75, 3.05) is 5.75 Å². The third-order valence-electron chi connectivity index (χ3n) is 2.21. The van der Waals surface area contributed by atoms with Gasteiger partial charge in [-0.05, 0) is 29.3 Å². The number of carboxylic acid groups (broad SMARTS) is 1. The quantitative estimate of drug-likeness (QED) is 0.811. The number of hydrogen-bond acceptors (Lipinski definition) is 4. The van der Waals surface area contributed by atoms with Gasteiger partial charge in [-0.1, -0.05) is 30.8 Å². The lowest BCUT2D eigenvalue weighted by Gasteiger charge is -2.09. The third-order valence-corrected chi connectivity index (χ3v) is 5.24. The van der Waals surface area contributed by atoms with Crippen LogP contribution in [0.1, 0.15) is 17.3 Å². The number of carbonyl (C=O) groups is 1.